The van der Waals surface area contributed by atoms with Gasteiger partial charge in [0.05, 0.1) is 6.61 Å². The zero-order chi connectivity index (χ0) is 14.5. The lowest BCUT2D eigenvalue weighted by Crippen LogP contribution is -2.52. The first-order chi connectivity index (χ1) is 8.89. The number of aliphatic hydroxyl groups excluding tert-OH is 1. The minimum Gasteiger partial charge on any atom is -0.461 e. The quantitative estimate of drug-likeness (QED) is 0.618. The van der Waals surface area contributed by atoms with E-state index in [2.05, 4.69) is 4.74 Å². The lowest BCUT2D eigenvalue weighted by Gasteiger charge is -2.21. The Morgan fingerprint density at radius 3 is 2.47 bits per heavy atom. The van der Waals surface area contributed by atoms with Crippen molar-refractivity contribution in [2.45, 2.75) is 19.1 Å². The van der Waals surface area contributed by atoms with Gasteiger partial charge in [-0.1, -0.05) is 18.2 Å². The fourth-order valence-corrected chi connectivity index (χ4v) is 1.23. The van der Waals surface area contributed by atoms with Crippen LogP contribution in [0.3, 0.4) is 0 Å². The van der Waals surface area contributed by atoms with Crippen LogP contribution in [0.5, 0.6) is 0 Å². The molecule has 0 aliphatic carbocycles. The third-order valence-electron chi connectivity index (χ3n) is 2.19. The summed E-state index contributed by atoms with van der Waals surface area (Å²) in [5.41, 5.74) is 0.0845. The van der Waals surface area contributed by atoms with Gasteiger partial charge in [-0.3, -0.25) is 4.79 Å². The summed E-state index contributed by atoms with van der Waals surface area (Å²) in [5.74, 6) is -7.02. The summed E-state index contributed by atoms with van der Waals surface area (Å²) in [5, 5.41) is 10.9. The van der Waals surface area contributed by atoms with E-state index in [1.54, 1.807) is 11.4 Å². The van der Waals surface area contributed by atoms with E-state index < -0.39 is 24.0 Å². The second-order valence-electron chi connectivity index (χ2n) is 3.59. The average Bonchev–Trinajstić information content (AvgIpc) is 2.39. The zero-order valence-electron chi connectivity index (χ0n) is 10.1. The van der Waals surface area contributed by atoms with E-state index in [0.717, 1.165) is 0 Å². The highest BCUT2D eigenvalue weighted by atomic mass is 19.3. The minimum absolute atomic E-state index is 0.0845. The van der Waals surface area contributed by atoms with Crippen molar-refractivity contribution < 1.29 is 28.2 Å². The standard InChI is InChI=1S/C12H13F2NO4/c1-2-19-11(18)12(13,14)10(17)15-9(16)8-6-4-3-5-7-8/h3-7,10,17H,2H2,1H3,(H,15,16)/t10-/m0/s1. The van der Waals surface area contributed by atoms with Crippen molar-refractivity contribution in [3.8, 4) is 0 Å². The van der Waals surface area contributed by atoms with Crippen molar-refractivity contribution in [2.24, 2.45) is 0 Å². The van der Waals surface area contributed by atoms with Crippen LogP contribution in [-0.4, -0.2) is 35.7 Å². The SMILES string of the molecule is CCOC(=O)C(F)(F)[C@H](O)NC(=O)c1ccccc1. The van der Waals surface area contributed by atoms with E-state index in [4.69, 9.17) is 0 Å². The maximum atomic E-state index is 13.3. The fraction of sp³-hybridized carbons (Fsp3) is 0.333. The molecule has 1 atom stereocenters. The molecule has 0 saturated carbocycles. The van der Waals surface area contributed by atoms with Gasteiger partial charge in [-0.15, -0.1) is 0 Å². The van der Waals surface area contributed by atoms with Gasteiger partial charge >= 0.3 is 11.9 Å². The Morgan fingerprint density at radius 1 is 1.37 bits per heavy atom. The predicted octanol–water partition coefficient (Wildman–Crippen LogP) is 0.933. The van der Waals surface area contributed by atoms with Gasteiger partial charge in [-0.05, 0) is 19.1 Å². The first-order valence-corrected chi connectivity index (χ1v) is 5.48. The molecule has 1 aromatic rings. The molecule has 5 nitrogen and oxygen atoms in total. The van der Waals surface area contributed by atoms with Crippen molar-refractivity contribution in [2.75, 3.05) is 6.61 Å². The molecule has 1 rings (SSSR count). The Morgan fingerprint density at radius 2 is 1.95 bits per heavy atom. The highest BCUT2D eigenvalue weighted by Gasteiger charge is 2.49. The molecule has 0 saturated heterocycles. The van der Waals surface area contributed by atoms with Gasteiger partial charge in [0, 0.05) is 5.56 Å². The summed E-state index contributed by atoms with van der Waals surface area (Å²) in [6.07, 6.45) is -2.65. The molecule has 0 radical (unpaired) electrons. The molecule has 1 aromatic carbocycles. The normalized spacial score (nSPS) is 12.6. The first kappa shape index (κ1) is 15.0. The molecular weight excluding hydrogens is 260 g/mol. The third kappa shape index (κ3) is 3.72. The topological polar surface area (TPSA) is 75.6 Å². The summed E-state index contributed by atoms with van der Waals surface area (Å²) >= 11 is 0. The molecule has 0 fully saturated rings. The van der Waals surface area contributed by atoms with Crippen molar-refractivity contribution in [1.29, 1.82) is 0 Å². The first-order valence-electron chi connectivity index (χ1n) is 5.48. The molecule has 19 heavy (non-hydrogen) atoms. The van der Waals surface area contributed by atoms with Crippen LogP contribution in [0, 0.1) is 0 Å². The van der Waals surface area contributed by atoms with E-state index in [-0.39, 0.29) is 12.2 Å². The zero-order valence-corrected chi connectivity index (χ0v) is 10.1. The van der Waals surface area contributed by atoms with Gasteiger partial charge in [0.15, 0.2) is 0 Å². The van der Waals surface area contributed by atoms with E-state index in [1.807, 2.05) is 0 Å². The van der Waals surface area contributed by atoms with Crippen LogP contribution in [0.1, 0.15) is 17.3 Å². The summed E-state index contributed by atoms with van der Waals surface area (Å²) in [6.45, 7) is 1.09. The highest BCUT2D eigenvalue weighted by Crippen LogP contribution is 2.19. The molecule has 2 N–H and O–H groups in total. The van der Waals surface area contributed by atoms with Crippen molar-refractivity contribution in [1.82, 2.24) is 5.32 Å². The van der Waals surface area contributed by atoms with E-state index in [9.17, 15) is 23.5 Å². The highest BCUT2D eigenvalue weighted by molar-refractivity contribution is 5.94. The number of benzene rings is 1. The van der Waals surface area contributed by atoms with Gasteiger partial charge in [0.2, 0.25) is 6.23 Å². The molecule has 7 heteroatoms. The van der Waals surface area contributed by atoms with Crippen LogP contribution < -0.4 is 5.32 Å². The maximum Gasteiger partial charge on any atom is 0.386 e. The van der Waals surface area contributed by atoms with Crippen LogP contribution in [0.4, 0.5) is 8.78 Å². The molecule has 0 unspecified atom stereocenters. The predicted molar refractivity (Wildman–Crippen MR) is 61.5 cm³/mol. The number of hydrogen-bond acceptors (Lipinski definition) is 4. The number of hydrogen-bond donors (Lipinski definition) is 2. The molecule has 0 aliphatic rings. The number of carbonyl (C=O) groups is 2. The minimum atomic E-state index is -4.21. The molecule has 0 aliphatic heterocycles. The van der Waals surface area contributed by atoms with E-state index in [1.165, 1.54) is 31.2 Å². The van der Waals surface area contributed by atoms with Crippen LogP contribution in [0.15, 0.2) is 30.3 Å². The van der Waals surface area contributed by atoms with Gasteiger partial charge in [-0.2, -0.15) is 8.78 Å². The number of aliphatic hydroxyl groups is 1. The Labute approximate surface area is 108 Å². The Kier molecular flexibility index (Phi) is 4.94. The molecule has 104 valence electrons. The largest absolute Gasteiger partial charge is 0.461 e. The summed E-state index contributed by atoms with van der Waals surface area (Å²) < 4.78 is 30.8. The molecule has 0 spiro atoms. The summed E-state index contributed by atoms with van der Waals surface area (Å²) in [4.78, 5) is 22.5. The van der Waals surface area contributed by atoms with Gasteiger partial charge in [0.25, 0.3) is 5.91 Å². The fourth-order valence-electron chi connectivity index (χ4n) is 1.23. The monoisotopic (exact) mass is 273 g/mol. The molecular formula is C12H13F2NO4. The van der Waals surface area contributed by atoms with Crippen LogP contribution >= 0.6 is 0 Å². The number of alkyl halides is 2. The van der Waals surface area contributed by atoms with Crippen molar-refractivity contribution in [3.05, 3.63) is 35.9 Å². The Balaban J connectivity index is 2.71. The van der Waals surface area contributed by atoms with Gasteiger partial charge in [0.1, 0.15) is 0 Å². The number of halogens is 2. The second kappa shape index (κ2) is 6.24. The Bertz CT molecular complexity index is 450. The number of rotatable bonds is 5. The van der Waals surface area contributed by atoms with Crippen LogP contribution in [-0.2, 0) is 9.53 Å². The number of esters is 1. The lowest BCUT2D eigenvalue weighted by atomic mass is 10.2. The van der Waals surface area contributed by atoms with Crippen LogP contribution in [0.2, 0.25) is 0 Å². The molecule has 0 bridgehead atoms. The number of carbonyl (C=O) groups excluding carboxylic acids is 2. The number of amides is 1. The summed E-state index contributed by atoms with van der Waals surface area (Å²) in [7, 11) is 0. The van der Waals surface area contributed by atoms with Gasteiger partial charge < -0.3 is 15.2 Å². The molecule has 0 heterocycles. The smallest absolute Gasteiger partial charge is 0.386 e. The third-order valence-corrected chi connectivity index (χ3v) is 2.19. The average molecular weight is 273 g/mol. The lowest BCUT2D eigenvalue weighted by molar-refractivity contribution is -0.190. The second-order valence-corrected chi connectivity index (χ2v) is 3.59. The van der Waals surface area contributed by atoms with Crippen molar-refractivity contribution >= 4 is 11.9 Å². The van der Waals surface area contributed by atoms with E-state index >= 15 is 0 Å². The molecule has 0 aromatic heterocycles. The number of ether oxygens (including phenoxy) is 1. The Hall–Kier alpha value is -2.02. The number of nitrogens with one attached hydrogen (secondary N) is 1. The van der Waals surface area contributed by atoms with Gasteiger partial charge in [-0.25, -0.2) is 4.79 Å². The maximum absolute atomic E-state index is 13.3. The van der Waals surface area contributed by atoms with E-state index in [0.29, 0.717) is 0 Å². The molecule has 1 amide bonds. The summed E-state index contributed by atoms with van der Waals surface area (Å²) in [6, 6.07) is 7.46. The van der Waals surface area contributed by atoms with Crippen molar-refractivity contribution in [3.63, 3.8) is 0 Å². The van der Waals surface area contributed by atoms with Crippen LogP contribution in [0.25, 0.3) is 0 Å².